The molecule has 0 bridgehead atoms. The fourth-order valence-corrected chi connectivity index (χ4v) is 2.82. The molecule has 1 unspecified atom stereocenters. The molecule has 1 N–H and O–H groups in total. The minimum Gasteiger partial charge on any atom is -0.313 e. The molecule has 1 aromatic carbocycles. The summed E-state index contributed by atoms with van der Waals surface area (Å²) in [6, 6.07) is 8.85. The van der Waals surface area contributed by atoms with Crippen molar-refractivity contribution in [3.05, 3.63) is 35.4 Å². The first-order valence-corrected chi connectivity index (χ1v) is 7.29. The molecule has 1 fully saturated rings. The maximum absolute atomic E-state index is 3.43. The van der Waals surface area contributed by atoms with Crippen molar-refractivity contribution in [2.75, 3.05) is 19.6 Å². The molecule has 1 atom stereocenters. The van der Waals surface area contributed by atoms with Crippen molar-refractivity contribution in [3.63, 3.8) is 0 Å². The molecule has 18 heavy (non-hydrogen) atoms. The number of piperidine rings is 1. The maximum atomic E-state index is 3.43. The highest BCUT2D eigenvalue weighted by Gasteiger charge is 2.16. The van der Waals surface area contributed by atoms with Crippen LogP contribution in [-0.2, 0) is 13.1 Å². The van der Waals surface area contributed by atoms with Gasteiger partial charge in [0.05, 0.1) is 0 Å². The third-order valence-corrected chi connectivity index (χ3v) is 3.82. The largest absolute Gasteiger partial charge is 0.313 e. The molecule has 0 amide bonds. The van der Waals surface area contributed by atoms with E-state index in [0.29, 0.717) is 0 Å². The number of benzene rings is 1. The molecule has 100 valence electrons. The number of likely N-dealkylation sites (tertiary alicyclic amines) is 1. The topological polar surface area (TPSA) is 15.3 Å². The summed E-state index contributed by atoms with van der Waals surface area (Å²) in [4.78, 5) is 2.61. The van der Waals surface area contributed by atoms with E-state index in [1.165, 1.54) is 37.1 Å². The quantitative estimate of drug-likeness (QED) is 0.859. The summed E-state index contributed by atoms with van der Waals surface area (Å²) in [5.41, 5.74) is 2.95. The Hall–Kier alpha value is -0.860. The zero-order valence-electron chi connectivity index (χ0n) is 11.8. The van der Waals surface area contributed by atoms with E-state index in [1.54, 1.807) is 0 Å². The first-order chi connectivity index (χ1) is 8.79. The molecule has 0 aliphatic carbocycles. The van der Waals surface area contributed by atoms with Gasteiger partial charge in [0.25, 0.3) is 0 Å². The van der Waals surface area contributed by atoms with Gasteiger partial charge in [-0.1, -0.05) is 38.1 Å². The minimum absolute atomic E-state index is 0.861. The summed E-state index contributed by atoms with van der Waals surface area (Å²) in [5, 5.41) is 3.43. The zero-order chi connectivity index (χ0) is 12.8. The molecule has 0 aromatic heterocycles. The lowest BCUT2D eigenvalue weighted by Crippen LogP contribution is -2.34. The van der Waals surface area contributed by atoms with Crippen LogP contribution in [0, 0.1) is 5.92 Å². The van der Waals surface area contributed by atoms with Gasteiger partial charge in [0.15, 0.2) is 0 Å². The van der Waals surface area contributed by atoms with Crippen LogP contribution in [0.4, 0.5) is 0 Å². The predicted molar refractivity (Wildman–Crippen MR) is 77.5 cm³/mol. The lowest BCUT2D eigenvalue weighted by molar-refractivity contribution is 0.176. The Bertz CT molecular complexity index is 362. The smallest absolute Gasteiger partial charge is 0.0237 e. The zero-order valence-corrected chi connectivity index (χ0v) is 11.8. The maximum Gasteiger partial charge on any atom is 0.0237 e. The lowest BCUT2D eigenvalue weighted by Gasteiger charge is -2.31. The van der Waals surface area contributed by atoms with Gasteiger partial charge in [-0.15, -0.1) is 0 Å². The van der Waals surface area contributed by atoms with Gasteiger partial charge in [0.2, 0.25) is 0 Å². The highest BCUT2D eigenvalue weighted by Crippen LogP contribution is 2.19. The standard InChI is InChI=1S/C16H26N2/c1-3-17-11-15-8-4-5-9-16(15)13-18-10-6-7-14(2)12-18/h4-5,8-9,14,17H,3,6-7,10-13H2,1-2H3. The van der Waals surface area contributed by atoms with Crippen LogP contribution in [0.2, 0.25) is 0 Å². The molecule has 2 heteroatoms. The van der Waals surface area contributed by atoms with Gasteiger partial charge >= 0.3 is 0 Å². The fourth-order valence-electron chi connectivity index (χ4n) is 2.82. The highest BCUT2D eigenvalue weighted by molar-refractivity contribution is 5.27. The molecule has 0 saturated carbocycles. The van der Waals surface area contributed by atoms with Crippen LogP contribution in [0.5, 0.6) is 0 Å². The Morgan fingerprint density at radius 1 is 1.28 bits per heavy atom. The molecule has 1 saturated heterocycles. The van der Waals surface area contributed by atoms with Gasteiger partial charge in [0.1, 0.15) is 0 Å². The molecule has 1 aromatic rings. The predicted octanol–water partition coefficient (Wildman–Crippen LogP) is 3.03. The monoisotopic (exact) mass is 246 g/mol. The molecule has 0 radical (unpaired) electrons. The summed E-state index contributed by atoms with van der Waals surface area (Å²) in [6.07, 6.45) is 2.76. The van der Waals surface area contributed by atoms with Crippen LogP contribution in [0.15, 0.2) is 24.3 Å². The van der Waals surface area contributed by atoms with Gasteiger partial charge in [-0.05, 0) is 43.0 Å². The van der Waals surface area contributed by atoms with Crippen molar-refractivity contribution in [2.45, 2.75) is 39.8 Å². The van der Waals surface area contributed by atoms with Gasteiger partial charge in [-0.3, -0.25) is 4.90 Å². The van der Waals surface area contributed by atoms with Crippen molar-refractivity contribution in [1.82, 2.24) is 10.2 Å². The van der Waals surface area contributed by atoms with Crippen LogP contribution in [-0.4, -0.2) is 24.5 Å². The molecule has 2 rings (SSSR count). The highest BCUT2D eigenvalue weighted by atomic mass is 15.1. The normalized spacial score (nSPS) is 21.1. The third-order valence-electron chi connectivity index (χ3n) is 3.82. The van der Waals surface area contributed by atoms with Gasteiger partial charge < -0.3 is 5.32 Å². The van der Waals surface area contributed by atoms with Crippen molar-refractivity contribution >= 4 is 0 Å². The number of hydrogen-bond donors (Lipinski definition) is 1. The molecule has 1 heterocycles. The summed E-state index contributed by atoms with van der Waals surface area (Å²) < 4.78 is 0. The van der Waals surface area contributed by atoms with Crippen molar-refractivity contribution < 1.29 is 0 Å². The molecule has 1 aliphatic heterocycles. The summed E-state index contributed by atoms with van der Waals surface area (Å²) in [6.45, 7) is 10.2. The van der Waals surface area contributed by atoms with Crippen LogP contribution in [0.25, 0.3) is 0 Å². The second-order valence-electron chi connectivity index (χ2n) is 5.53. The lowest BCUT2D eigenvalue weighted by atomic mass is 9.99. The summed E-state index contributed by atoms with van der Waals surface area (Å²) >= 11 is 0. The first kappa shape index (κ1) is 13.6. The molecule has 0 spiro atoms. The average Bonchev–Trinajstić information content (AvgIpc) is 2.38. The van der Waals surface area contributed by atoms with Crippen molar-refractivity contribution in [1.29, 1.82) is 0 Å². The van der Waals surface area contributed by atoms with E-state index in [4.69, 9.17) is 0 Å². The van der Waals surface area contributed by atoms with Gasteiger partial charge in [-0.2, -0.15) is 0 Å². The molecular weight excluding hydrogens is 220 g/mol. The average molecular weight is 246 g/mol. The van der Waals surface area contributed by atoms with Crippen LogP contribution in [0.1, 0.15) is 37.8 Å². The molecule has 2 nitrogen and oxygen atoms in total. The SMILES string of the molecule is CCNCc1ccccc1CN1CCCC(C)C1. The fraction of sp³-hybridized carbons (Fsp3) is 0.625. The van der Waals surface area contributed by atoms with E-state index in [0.717, 1.165) is 25.6 Å². The third kappa shape index (κ3) is 3.82. The van der Waals surface area contributed by atoms with E-state index in [1.807, 2.05) is 0 Å². The number of nitrogens with one attached hydrogen (secondary N) is 1. The van der Waals surface area contributed by atoms with E-state index >= 15 is 0 Å². The Morgan fingerprint density at radius 2 is 2.06 bits per heavy atom. The number of nitrogens with zero attached hydrogens (tertiary/aromatic N) is 1. The van der Waals surface area contributed by atoms with E-state index in [-0.39, 0.29) is 0 Å². The van der Waals surface area contributed by atoms with Gasteiger partial charge in [0, 0.05) is 19.6 Å². The molecule has 1 aliphatic rings. The summed E-state index contributed by atoms with van der Waals surface area (Å²) in [7, 11) is 0. The van der Waals surface area contributed by atoms with Crippen LogP contribution >= 0.6 is 0 Å². The Labute approximate surface area is 111 Å². The second kappa shape index (κ2) is 6.91. The van der Waals surface area contributed by atoms with Crippen molar-refractivity contribution in [3.8, 4) is 0 Å². The summed E-state index contributed by atoms with van der Waals surface area (Å²) in [5.74, 6) is 0.861. The van der Waals surface area contributed by atoms with E-state index < -0.39 is 0 Å². The van der Waals surface area contributed by atoms with E-state index in [9.17, 15) is 0 Å². The van der Waals surface area contributed by atoms with Crippen LogP contribution in [0.3, 0.4) is 0 Å². The van der Waals surface area contributed by atoms with Gasteiger partial charge in [-0.25, -0.2) is 0 Å². The molecular formula is C16H26N2. The van der Waals surface area contributed by atoms with E-state index in [2.05, 4.69) is 48.3 Å². The second-order valence-corrected chi connectivity index (χ2v) is 5.53. The Kier molecular flexibility index (Phi) is 5.21. The first-order valence-electron chi connectivity index (χ1n) is 7.29. The van der Waals surface area contributed by atoms with Crippen LogP contribution < -0.4 is 5.32 Å². The Balaban J connectivity index is 1.99. The minimum atomic E-state index is 0.861. The Morgan fingerprint density at radius 3 is 2.78 bits per heavy atom. The number of hydrogen-bond acceptors (Lipinski definition) is 2. The number of rotatable bonds is 5. The van der Waals surface area contributed by atoms with Crippen molar-refractivity contribution in [2.24, 2.45) is 5.92 Å².